The van der Waals surface area contributed by atoms with Crippen molar-refractivity contribution in [2.45, 2.75) is 19.3 Å². The number of alkyl halides is 1. The van der Waals surface area contributed by atoms with Gasteiger partial charge in [-0.05, 0) is 36.9 Å². The largest absolute Gasteiger partial charge is 0.493 e. The fourth-order valence-corrected chi connectivity index (χ4v) is 2.42. The molecule has 1 unspecified atom stereocenters. The van der Waals surface area contributed by atoms with Gasteiger partial charge in [0.15, 0.2) is 0 Å². The van der Waals surface area contributed by atoms with Crippen LogP contribution in [0.15, 0.2) is 54.6 Å². The van der Waals surface area contributed by atoms with Gasteiger partial charge in [0.05, 0.1) is 6.61 Å². The molecule has 2 rings (SSSR count). The summed E-state index contributed by atoms with van der Waals surface area (Å²) in [5.41, 5.74) is 1.13. The highest BCUT2D eigenvalue weighted by molar-refractivity contribution is 6.18. The van der Waals surface area contributed by atoms with E-state index in [4.69, 9.17) is 21.1 Å². The molecule has 0 aromatic heterocycles. The molecule has 1 N–H and O–H groups in total. The second-order valence-corrected chi connectivity index (χ2v) is 5.91. The van der Waals surface area contributed by atoms with Crippen LogP contribution in [0.2, 0.25) is 0 Å². The number of aliphatic hydroxyl groups excluding tert-OH is 1. The highest BCUT2D eigenvalue weighted by Crippen LogP contribution is 2.19. The van der Waals surface area contributed by atoms with Gasteiger partial charge in [-0.1, -0.05) is 30.3 Å². The van der Waals surface area contributed by atoms with Gasteiger partial charge in [0, 0.05) is 18.8 Å². The van der Waals surface area contributed by atoms with E-state index in [1.807, 2.05) is 61.6 Å². The van der Waals surface area contributed by atoms with Crippen LogP contribution in [0.1, 0.15) is 12.0 Å². The molecule has 0 aliphatic heterocycles. The minimum Gasteiger partial charge on any atom is -0.493 e. The number of hydrogen-bond donors (Lipinski definition) is 1. The van der Waals surface area contributed by atoms with Gasteiger partial charge < -0.3 is 14.6 Å². The Bertz CT molecular complexity index is 577. The van der Waals surface area contributed by atoms with Gasteiger partial charge >= 0.3 is 0 Å². The van der Waals surface area contributed by atoms with Crippen LogP contribution in [-0.4, -0.2) is 42.3 Å². The van der Waals surface area contributed by atoms with Crippen LogP contribution in [0.25, 0.3) is 0 Å². The van der Waals surface area contributed by atoms with Crippen molar-refractivity contribution in [2.75, 3.05) is 26.1 Å². The molecule has 0 bridgehead atoms. The number of rotatable bonds is 10. The molecule has 0 fully saturated rings. The molecule has 0 aliphatic carbocycles. The molecular weight excluding hydrogens is 326 g/mol. The van der Waals surface area contributed by atoms with Crippen molar-refractivity contribution >= 4 is 11.6 Å². The van der Waals surface area contributed by atoms with E-state index in [1.165, 1.54) is 0 Å². The zero-order valence-electron chi connectivity index (χ0n) is 13.9. The molecule has 1 atom stereocenters. The summed E-state index contributed by atoms with van der Waals surface area (Å²) in [7, 11) is 1.84. The monoisotopic (exact) mass is 349 g/mol. The minimum absolute atomic E-state index is 0.442. The van der Waals surface area contributed by atoms with Gasteiger partial charge in [-0.25, -0.2) is 0 Å². The number of benzene rings is 2. The summed E-state index contributed by atoms with van der Waals surface area (Å²) in [6.45, 7) is 1.63. The summed E-state index contributed by atoms with van der Waals surface area (Å²) in [5.74, 6) is 2.06. The molecule has 4 nitrogen and oxygen atoms in total. The number of aliphatic hydroxyl groups is 1. The zero-order valence-corrected chi connectivity index (χ0v) is 14.7. The highest BCUT2D eigenvalue weighted by atomic mass is 35.5. The molecule has 0 saturated heterocycles. The fourth-order valence-electron chi connectivity index (χ4n) is 2.16. The van der Waals surface area contributed by atoms with Crippen LogP contribution >= 0.6 is 11.6 Å². The maximum Gasteiger partial charge on any atom is 0.120 e. The fraction of sp³-hybridized carbons (Fsp3) is 0.368. The lowest BCUT2D eigenvalue weighted by molar-refractivity contribution is 0.0100. The van der Waals surface area contributed by atoms with Crippen molar-refractivity contribution in [1.29, 1.82) is 0 Å². The Morgan fingerprint density at radius 3 is 2.25 bits per heavy atom. The van der Waals surface area contributed by atoms with E-state index < -0.39 is 6.23 Å². The Hall–Kier alpha value is -1.75. The van der Waals surface area contributed by atoms with Gasteiger partial charge in [-0.3, -0.25) is 4.90 Å². The SMILES string of the molecule is CN(CCCl)C(O)CCOc1ccc(OCc2ccccc2)cc1. The second-order valence-electron chi connectivity index (χ2n) is 5.53. The minimum atomic E-state index is -0.544. The molecule has 0 spiro atoms. The van der Waals surface area contributed by atoms with Crippen LogP contribution in [0.5, 0.6) is 11.5 Å². The molecular formula is C19H24ClNO3. The Balaban J connectivity index is 1.72. The zero-order chi connectivity index (χ0) is 17.2. The van der Waals surface area contributed by atoms with Crippen LogP contribution in [0, 0.1) is 0 Å². The molecule has 0 saturated carbocycles. The summed E-state index contributed by atoms with van der Waals surface area (Å²) in [6, 6.07) is 17.5. The Morgan fingerprint density at radius 1 is 1.00 bits per heavy atom. The Labute approximate surface area is 148 Å². The molecule has 0 heterocycles. The molecule has 0 radical (unpaired) electrons. The first-order valence-corrected chi connectivity index (χ1v) is 8.56. The van der Waals surface area contributed by atoms with Gasteiger partial charge in [0.25, 0.3) is 0 Å². The first kappa shape index (κ1) is 18.6. The Morgan fingerprint density at radius 2 is 1.62 bits per heavy atom. The molecule has 24 heavy (non-hydrogen) atoms. The van der Waals surface area contributed by atoms with E-state index >= 15 is 0 Å². The van der Waals surface area contributed by atoms with Crippen molar-refractivity contribution in [3.05, 3.63) is 60.2 Å². The van der Waals surface area contributed by atoms with E-state index in [-0.39, 0.29) is 0 Å². The maximum atomic E-state index is 9.92. The van der Waals surface area contributed by atoms with Gasteiger partial charge in [-0.2, -0.15) is 0 Å². The van der Waals surface area contributed by atoms with Crippen LogP contribution in [0.4, 0.5) is 0 Å². The van der Waals surface area contributed by atoms with Crippen molar-refractivity contribution in [2.24, 2.45) is 0 Å². The predicted molar refractivity (Wildman–Crippen MR) is 96.7 cm³/mol. The third-order valence-electron chi connectivity index (χ3n) is 3.66. The average molecular weight is 350 g/mol. The first-order chi connectivity index (χ1) is 11.7. The Kier molecular flexibility index (Phi) is 7.89. The third-order valence-corrected chi connectivity index (χ3v) is 3.83. The van der Waals surface area contributed by atoms with Crippen LogP contribution in [-0.2, 0) is 6.61 Å². The number of halogens is 1. The lowest BCUT2D eigenvalue weighted by Gasteiger charge is -2.22. The highest BCUT2D eigenvalue weighted by Gasteiger charge is 2.10. The lowest BCUT2D eigenvalue weighted by Crippen LogP contribution is -2.34. The van der Waals surface area contributed by atoms with Crippen LogP contribution < -0.4 is 9.47 Å². The van der Waals surface area contributed by atoms with E-state index in [0.29, 0.717) is 32.1 Å². The normalized spacial score (nSPS) is 12.2. The van der Waals surface area contributed by atoms with E-state index in [0.717, 1.165) is 17.1 Å². The quantitative estimate of drug-likeness (QED) is 0.526. The lowest BCUT2D eigenvalue weighted by atomic mass is 10.2. The van der Waals surface area contributed by atoms with Crippen molar-refractivity contribution in [3.63, 3.8) is 0 Å². The van der Waals surface area contributed by atoms with Crippen molar-refractivity contribution in [3.8, 4) is 11.5 Å². The van der Waals surface area contributed by atoms with Crippen molar-refractivity contribution < 1.29 is 14.6 Å². The van der Waals surface area contributed by atoms with Crippen molar-refractivity contribution in [1.82, 2.24) is 4.90 Å². The molecule has 5 heteroatoms. The maximum absolute atomic E-state index is 9.92. The van der Waals surface area contributed by atoms with E-state index in [2.05, 4.69) is 0 Å². The standard InChI is InChI=1S/C19H24ClNO3/c1-21(13-12-20)19(22)11-14-23-17-7-9-18(10-8-17)24-15-16-5-3-2-4-6-16/h2-10,19,22H,11-15H2,1H3. The van der Waals surface area contributed by atoms with Gasteiger partial charge in [0.2, 0.25) is 0 Å². The van der Waals surface area contributed by atoms with Gasteiger partial charge in [-0.15, -0.1) is 11.6 Å². The summed E-state index contributed by atoms with van der Waals surface area (Å²) >= 11 is 5.65. The number of hydrogen-bond acceptors (Lipinski definition) is 4. The first-order valence-electron chi connectivity index (χ1n) is 8.03. The van der Waals surface area contributed by atoms with E-state index in [9.17, 15) is 5.11 Å². The molecule has 130 valence electrons. The third kappa shape index (κ3) is 6.40. The number of nitrogens with zero attached hydrogens (tertiary/aromatic N) is 1. The summed E-state index contributed by atoms with van der Waals surface area (Å²) in [6.07, 6.45) is -0.0168. The van der Waals surface area contributed by atoms with Gasteiger partial charge in [0.1, 0.15) is 24.3 Å². The number of ether oxygens (including phenoxy) is 2. The smallest absolute Gasteiger partial charge is 0.120 e. The van der Waals surface area contributed by atoms with E-state index in [1.54, 1.807) is 4.90 Å². The molecule has 0 amide bonds. The predicted octanol–water partition coefficient (Wildman–Crippen LogP) is 3.52. The molecule has 0 aliphatic rings. The second kappa shape index (κ2) is 10.2. The summed E-state index contributed by atoms with van der Waals surface area (Å²) in [4.78, 5) is 1.80. The molecule has 2 aromatic rings. The average Bonchev–Trinajstić information content (AvgIpc) is 2.62. The molecule has 2 aromatic carbocycles. The van der Waals surface area contributed by atoms with Crippen LogP contribution in [0.3, 0.4) is 0 Å². The summed E-state index contributed by atoms with van der Waals surface area (Å²) < 4.78 is 11.4. The topological polar surface area (TPSA) is 41.9 Å². The summed E-state index contributed by atoms with van der Waals surface area (Å²) in [5, 5.41) is 9.92.